The van der Waals surface area contributed by atoms with E-state index in [9.17, 15) is 19.5 Å². The Morgan fingerprint density at radius 1 is 1.11 bits per heavy atom. The number of carbonyl (C=O) groups excluding carboxylic acids is 2. The van der Waals surface area contributed by atoms with Gasteiger partial charge in [0.2, 0.25) is 5.91 Å². The third-order valence-electron chi connectivity index (χ3n) is 4.18. The molecule has 0 saturated carbocycles. The van der Waals surface area contributed by atoms with E-state index in [1.165, 1.54) is 43.5 Å². The standard InChI is InChI=1S/C19H17Cl2NO5/c1-11(23)19(18(25)26,12-3-6-14(27-2)7-4-12)10-17(24)22-16-9-13(20)5-8-15(16)21/h3-9H,10H2,1-2H3,(H,22,24)(H,25,26). The molecule has 6 nitrogen and oxygen atoms in total. The zero-order chi connectivity index (χ0) is 20.2. The van der Waals surface area contributed by atoms with Crippen molar-refractivity contribution in [3.63, 3.8) is 0 Å². The van der Waals surface area contributed by atoms with Gasteiger partial charge in [-0.05, 0) is 42.8 Å². The summed E-state index contributed by atoms with van der Waals surface area (Å²) >= 11 is 11.9. The van der Waals surface area contributed by atoms with E-state index in [0.717, 1.165) is 6.92 Å². The molecule has 2 N–H and O–H groups in total. The molecular weight excluding hydrogens is 393 g/mol. The first-order valence-electron chi connectivity index (χ1n) is 7.84. The maximum atomic E-state index is 12.5. The number of Topliss-reactive ketones (excluding diaryl/α,β-unsaturated/α-hetero) is 1. The van der Waals surface area contributed by atoms with Crippen LogP contribution in [0.4, 0.5) is 5.69 Å². The van der Waals surface area contributed by atoms with Crippen molar-refractivity contribution < 1.29 is 24.2 Å². The van der Waals surface area contributed by atoms with E-state index in [2.05, 4.69) is 5.32 Å². The van der Waals surface area contributed by atoms with Crippen molar-refractivity contribution in [2.75, 3.05) is 12.4 Å². The monoisotopic (exact) mass is 409 g/mol. The molecule has 1 amide bonds. The van der Waals surface area contributed by atoms with Crippen molar-refractivity contribution in [2.45, 2.75) is 18.8 Å². The summed E-state index contributed by atoms with van der Waals surface area (Å²) in [5.41, 5.74) is -1.64. The van der Waals surface area contributed by atoms with Crippen LogP contribution in [0.15, 0.2) is 42.5 Å². The number of amides is 1. The molecule has 0 aliphatic rings. The van der Waals surface area contributed by atoms with Gasteiger partial charge in [0.15, 0.2) is 11.2 Å². The lowest BCUT2D eigenvalue weighted by Crippen LogP contribution is -2.45. The maximum Gasteiger partial charge on any atom is 0.322 e. The number of carboxylic acids is 1. The minimum absolute atomic E-state index is 0.177. The smallest absolute Gasteiger partial charge is 0.322 e. The number of ether oxygens (including phenoxy) is 1. The highest BCUT2D eigenvalue weighted by Gasteiger charge is 2.47. The fourth-order valence-corrected chi connectivity index (χ4v) is 3.02. The fourth-order valence-electron chi connectivity index (χ4n) is 2.68. The molecule has 2 rings (SSSR count). The summed E-state index contributed by atoms with van der Waals surface area (Å²) in [5.74, 6) is -2.29. The molecule has 0 aliphatic heterocycles. The van der Waals surface area contributed by atoms with Gasteiger partial charge in [-0.1, -0.05) is 35.3 Å². The van der Waals surface area contributed by atoms with Gasteiger partial charge in [-0.3, -0.25) is 14.4 Å². The van der Waals surface area contributed by atoms with Crippen molar-refractivity contribution in [3.05, 3.63) is 58.1 Å². The van der Waals surface area contributed by atoms with Gasteiger partial charge < -0.3 is 15.2 Å². The molecule has 27 heavy (non-hydrogen) atoms. The quantitative estimate of drug-likeness (QED) is 0.675. The summed E-state index contributed by atoms with van der Waals surface area (Å²) in [4.78, 5) is 36.9. The number of hydrogen-bond donors (Lipinski definition) is 2. The van der Waals surface area contributed by atoms with Crippen LogP contribution in [0.5, 0.6) is 5.75 Å². The van der Waals surface area contributed by atoms with Crippen molar-refractivity contribution >= 4 is 46.5 Å². The lowest BCUT2D eigenvalue weighted by Gasteiger charge is -2.27. The lowest BCUT2D eigenvalue weighted by atomic mass is 9.74. The number of ketones is 1. The van der Waals surface area contributed by atoms with E-state index in [0.29, 0.717) is 10.8 Å². The number of carboxylic acid groups (broad SMARTS) is 1. The molecule has 2 aromatic rings. The van der Waals surface area contributed by atoms with Crippen LogP contribution in [-0.2, 0) is 19.8 Å². The van der Waals surface area contributed by atoms with Crippen LogP contribution in [0.1, 0.15) is 18.9 Å². The molecule has 1 unspecified atom stereocenters. The second-order valence-electron chi connectivity index (χ2n) is 5.84. The Morgan fingerprint density at radius 2 is 1.74 bits per heavy atom. The maximum absolute atomic E-state index is 12.5. The second-order valence-corrected chi connectivity index (χ2v) is 6.69. The summed E-state index contributed by atoms with van der Waals surface area (Å²) in [6.07, 6.45) is -0.604. The predicted molar refractivity (Wildman–Crippen MR) is 103 cm³/mol. The second kappa shape index (κ2) is 8.41. The average Bonchev–Trinajstić information content (AvgIpc) is 2.62. The first kappa shape index (κ1) is 20.7. The molecular formula is C19H17Cl2NO5. The largest absolute Gasteiger partial charge is 0.497 e. The number of methoxy groups -OCH3 is 1. The highest BCUT2D eigenvalue weighted by atomic mass is 35.5. The highest BCUT2D eigenvalue weighted by molar-refractivity contribution is 6.35. The molecule has 1 atom stereocenters. The number of halogens is 2. The van der Waals surface area contributed by atoms with Crippen LogP contribution in [0.3, 0.4) is 0 Å². The number of anilines is 1. The van der Waals surface area contributed by atoms with Crippen molar-refractivity contribution in [2.24, 2.45) is 0 Å². The van der Waals surface area contributed by atoms with Crippen LogP contribution < -0.4 is 10.1 Å². The van der Waals surface area contributed by atoms with Crippen LogP contribution in [0.2, 0.25) is 10.0 Å². The fraction of sp³-hybridized carbons (Fsp3) is 0.211. The van der Waals surface area contributed by atoms with Gasteiger partial charge in [0.1, 0.15) is 5.75 Å². The van der Waals surface area contributed by atoms with Gasteiger partial charge >= 0.3 is 5.97 Å². The first-order valence-corrected chi connectivity index (χ1v) is 8.60. The SMILES string of the molecule is COc1ccc(C(CC(=O)Nc2cc(Cl)ccc2Cl)(C(C)=O)C(=O)O)cc1. The summed E-state index contributed by atoms with van der Waals surface area (Å²) in [5, 5.41) is 12.9. The molecule has 8 heteroatoms. The zero-order valence-electron chi connectivity index (χ0n) is 14.6. The Morgan fingerprint density at radius 3 is 2.26 bits per heavy atom. The van der Waals surface area contributed by atoms with Gasteiger partial charge in [0.05, 0.1) is 24.2 Å². The first-order chi connectivity index (χ1) is 12.7. The lowest BCUT2D eigenvalue weighted by molar-refractivity contribution is -0.150. The number of hydrogen-bond acceptors (Lipinski definition) is 4. The number of benzene rings is 2. The van der Waals surface area contributed by atoms with Crippen LogP contribution in [-0.4, -0.2) is 29.9 Å². The Kier molecular flexibility index (Phi) is 6.46. The third-order valence-corrected chi connectivity index (χ3v) is 4.74. The number of carbonyl (C=O) groups is 3. The van der Waals surface area contributed by atoms with E-state index in [1.807, 2.05) is 0 Å². The van der Waals surface area contributed by atoms with E-state index in [4.69, 9.17) is 27.9 Å². The minimum Gasteiger partial charge on any atom is -0.497 e. The molecule has 2 aromatic carbocycles. The summed E-state index contributed by atoms with van der Waals surface area (Å²) in [6.45, 7) is 1.14. The number of nitrogens with one attached hydrogen (secondary N) is 1. The van der Waals surface area contributed by atoms with Crippen molar-refractivity contribution in [1.29, 1.82) is 0 Å². The number of aliphatic carboxylic acids is 1. The minimum atomic E-state index is -2.04. The summed E-state index contributed by atoms with van der Waals surface area (Å²) in [6, 6.07) is 10.4. The van der Waals surface area contributed by atoms with Gasteiger partial charge in [-0.2, -0.15) is 0 Å². The molecule has 0 radical (unpaired) electrons. The van der Waals surface area contributed by atoms with E-state index < -0.39 is 29.5 Å². The molecule has 0 saturated heterocycles. The predicted octanol–water partition coefficient (Wildman–Crippen LogP) is 3.94. The molecule has 0 bridgehead atoms. The van der Waals surface area contributed by atoms with Gasteiger partial charge in [-0.15, -0.1) is 0 Å². The Balaban J connectivity index is 2.39. The summed E-state index contributed by atoms with van der Waals surface area (Å²) in [7, 11) is 1.46. The average molecular weight is 410 g/mol. The Hall–Kier alpha value is -2.57. The molecule has 0 fully saturated rings. The molecule has 0 aliphatic carbocycles. The molecule has 0 spiro atoms. The van der Waals surface area contributed by atoms with Gasteiger partial charge in [0, 0.05) is 5.02 Å². The zero-order valence-corrected chi connectivity index (χ0v) is 16.1. The van der Waals surface area contributed by atoms with E-state index in [-0.39, 0.29) is 16.3 Å². The highest BCUT2D eigenvalue weighted by Crippen LogP contribution is 2.33. The van der Waals surface area contributed by atoms with E-state index in [1.54, 1.807) is 6.07 Å². The van der Waals surface area contributed by atoms with Crippen molar-refractivity contribution in [1.82, 2.24) is 0 Å². The Bertz CT molecular complexity index is 866. The number of rotatable bonds is 7. The molecule has 0 aromatic heterocycles. The van der Waals surface area contributed by atoms with Crippen molar-refractivity contribution in [3.8, 4) is 5.75 Å². The van der Waals surface area contributed by atoms with Crippen LogP contribution >= 0.6 is 23.2 Å². The van der Waals surface area contributed by atoms with Gasteiger partial charge in [0.25, 0.3) is 0 Å². The third kappa shape index (κ3) is 4.40. The molecule has 0 heterocycles. The normalized spacial score (nSPS) is 12.7. The summed E-state index contributed by atoms with van der Waals surface area (Å²) < 4.78 is 5.05. The Labute approximate surface area is 166 Å². The topological polar surface area (TPSA) is 92.7 Å². The molecule has 142 valence electrons. The van der Waals surface area contributed by atoms with Crippen LogP contribution in [0.25, 0.3) is 0 Å². The van der Waals surface area contributed by atoms with E-state index >= 15 is 0 Å². The van der Waals surface area contributed by atoms with Crippen LogP contribution in [0, 0.1) is 0 Å². The van der Waals surface area contributed by atoms with Gasteiger partial charge in [-0.25, -0.2) is 0 Å².